The van der Waals surface area contributed by atoms with Gasteiger partial charge >= 0.3 is 0 Å². The first-order chi connectivity index (χ1) is 12.2. The van der Waals surface area contributed by atoms with Gasteiger partial charge in [0.25, 0.3) is 5.91 Å². The van der Waals surface area contributed by atoms with Crippen molar-refractivity contribution < 1.29 is 4.79 Å². The van der Waals surface area contributed by atoms with E-state index < -0.39 is 0 Å². The molecule has 1 aromatic heterocycles. The molecule has 4 heteroatoms. The first-order valence-electron chi connectivity index (χ1n) is 8.58. The quantitative estimate of drug-likeness (QED) is 0.774. The van der Waals surface area contributed by atoms with Crippen molar-refractivity contribution in [1.82, 2.24) is 4.57 Å². The summed E-state index contributed by atoms with van der Waals surface area (Å²) in [6.45, 7) is 2.13. The number of anilines is 2. The van der Waals surface area contributed by atoms with E-state index in [9.17, 15) is 4.79 Å². The Morgan fingerprint density at radius 2 is 1.76 bits per heavy atom. The molecule has 4 rings (SSSR count). The van der Waals surface area contributed by atoms with Crippen LogP contribution in [0.1, 0.15) is 34.7 Å². The highest BCUT2D eigenvalue weighted by molar-refractivity contribution is 6.12. The average molecular weight is 331 g/mol. The molecule has 0 saturated carbocycles. The van der Waals surface area contributed by atoms with Gasteiger partial charge in [-0.2, -0.15) is 0 Å². The Morgan fingerprint density at radius 1 is 1.00 bits per heavy atom. The minimum atomic E-state index is -0.241. The van der Waals surface area contributed by atoms with Crippen molar-refractivity contribution in [3.05, 3.63) is 83.7 Å². The zero-order valence-electron chi connectivity index (χ0n) is 14.4. The number of fused-ring (bicyclic) bond motifs is 1. The molecule has 0 unspecified atom stereocenters. The Bertz CT molecular complexity index is 911. The molecule has 0 aliphatic carbocycles. The van der Waals surface area contributed by atoms with E-state index >= 15 is 0 Å². The molecule has 4 nitrogen and oxygen atoms in total. The van der Waals surface area contributed by atoms with Gasteiger partial charge in [-0.25, -0.2) is 0 Å². The van der Waals surface area contributed by atoms with Gasteiger partial charge in [-0.1, -0.05) is 31.2 Å². The molecule has 1 aliphatic rings. The normalized spacial score (nSPS) is 16.5. The van der Waals surface area contributed by atoms with E-state index in [1.165, 1.54) is 5.56 Å². The maximum atomic E-state index is 13.3. The van der Waals surface area contributed by atoms with E-state index in [4.69, 9.17) is 0 Å². The number of aryl methyl sites for hydroxylation is 2. The molecule has 0 radical (unpaired) electrons. The molecule has 0 fully saturated rings. The Kier molecular flexibility index (Phi) is 3.80. The lowest BCUT2D eigenvalue weighted by molar-refractivity contribution is 0.0974. The Morgan fingerprint density at radius 3 is 2.44 bits per heavy atom. The van der Waals surface area contributed by atoms with E-state index in [0.29, 0.717) is 5.56 Å². The van der Waals surface area contributed by atoms with Crippen molar-refractivity contribution in [2.45, 2.75) is 19.5 Å². The van der Waals surface area contributed by atoms with Crippen LogP contribution in [-0.2, 0) is 13.5 Å². The van der Waals surface area contributed by atoms with Crippen LogP contribution in [0.15, 0.2) is 66.9 Å². The van der Waals surface area contributed by atoms with Crippen molar-refractivity contribution >= 4 is 17.3 Å². The van der Waals surface area contributed by atoms with E-state index in [2.05, 4.69) is 24.4 Å². The lowest BCUT2D eigenvalue weighted by Crippen LogP contribution is -2.43. The molecule has 1 atom stereocenters. The lowest BCUT2D eigenvalue weighted by Gasteiger charge is -2.38. The van der Waals surface area contributed by atoms with Crippen molar-refractivity contribution in [2.24, 2.45) is 7.05 Å². The number of para-hydroxylation sites is 1. The third-order valence-electron chi connectivity index (χ3n) is 4.81. The van der Waals surface area contributed by atoms with Gasteiger partial charge in [0.15, 0.2) is 0 Å². The number of benzene rings is 2. The number of amides is 1. The summed E-state index contributed by atoms with van der Waals surface area (Å²) in [5.41, 5.74) is 4.78. The molecule has 126 valence electrons. The fraction of sp³-hybridized carbons (Fsp3) is 0.190. The van der Waals surface area contributed by atoms with E-state index in [1.807, 2.05) is 71.2 Å². The van der Waals surface area contributed by atoms with Crippen LogP contribution in [-0.4, -0.2) is 10.5 Å². The number of aromatic nitrogens is 1. The summed E-state index contributed by atoms with van der Waals surface area (Å²) in [6.07, 6.45) is 2.74. The molecule has 1 N–H and O–H groups in total. The van der Waals surface area contributed by atoms with Crippen molar-refractivity contribution in [1.29, 1.82) is 0 Å². The first kappa shape index (κ1) is 15.5. The molecular weight excluding hydrogens is 310 g/mol. The minimum Gasteiger partial charge on any atom is -0.359 e. The number of rotatable bonds is 3. The van der Waals surface area contributed by atoms with E-state index in [0.717, 1.165) is 23.5 Å². The van der Waals surface area contributed by atoms with Gasteiger partial charge < -0.3 is 9.88 Å². The number of carbonyl (C=O) groups excluding carboxylic acids is 1. The van der Waals surface area contributed by atoms with E-state index in [-0.39, 0.29) is 12.1 Å². The fourth-order valence-corrected chi connectivity index (χ4v) is 3.38. The molecule has 0 bridgehead atoms. The van der Waals surface area contributed by atoms with Gasteiger partial charge in [0.2, 0.25) is 0 Å². The van der Waals surface area contributed by atoms with Crippen LogP contribution in [0.3, 0.4) is 0 Å². The van der Waals surface area contributed by atoms with Gasteiger partial charge in [0.05, 0.1) is 11.3 Å². The molecule has 25 heavy (non-hydrogen) atoms. The summed E-state index contributed by atoms with van der Waals surface area (Å²) in [5, 5.41) is 3.53. The summed E-state index contributed by atoms with van der Waals surface area (Å²) in [5.74, 6) is 0.0183. The van der Waals surface area contributed by atoms with Gasteiger partial charge in [-0.3, -0.25) is 9.69 Å². The predicted molar refractivity (Wildman–Crippen MR) is 101 cm³/mol. The highest BCUT2D eigenvalue weighted by Gasteiger charge is 2.34. The zero-order chi connectivity index (χ0) is 17.4. The van der Waals surface area contributed by atoms with Crippen LogP contribution in [0.5, 0.6) is 0 Å². The smallest absolute Gasteiger partial charge is 0.262 e. The standard InChI is InChI=1S/C21H21N3O/c1-3-15-10-12-16(13-11-15)24-20(19-9-6-14-23(19)2)22-18-8-5-4-7-17(18)21(24)25/h4-14,20,22H,3H2,1-2H3/t20-/m1/s1. The van der Waals surface area contributed by atoms with Crippen LogP contribution in [0, 0.1) is 0 Å². The van der Waals surface area contributed by atoms with Gasteiger partial charge in [0.1, 0.15) is 6.17 Å². The number of nitrogens with one attached hydrogen (secondary N) is 1. The number of hydrogen-bond donors (Lipinski definition) is 1. The monoisotopic (exact) mass is 331 g/mol. The summed E-state index contributed by atoms with van der Waals surface area (Å²) in [4.78, 5) is 15.1. The highest BCUT2D eigenvalue weighted by Crippen LogP contribution is 2.36. The molecule has 0 spiro atoms. The topological polar surface area (TPSA) is 37.3 Å². The van der Waals surface area contributed by atoms with Gasteiger partial charge in [-0.15, -0.1) is 0 Å². The second-order valence-electron chi connectivity index (χ2n) is 6.33. The molecular formula is C21H21N3O. The van der Waals surface area contributed by atoms with Crippen LogP contribution >= 0.6 is 0 Å². The maximum Gasteiger partial charge on any atom is 0.262 e. The SMILES string of the molecule is CCc1ccc(N2C(=O)c3ccccc3N[C@H]2c2cccn2C)cc1. The van der Waals surface area contributed by atoms with Gasteiger partial charge in [-0.05, 0) is 48.4 Å². The van der Waals surface area contributed by atoms with Crippen molar-refractivity contribution in [3.8, 4) is 0 Å². The van der Waals surface area contributed by atoms with Gasteiger partial charge in [0, 0.05) is 24.6 Å². The molecule has 0 saturated heterocycles. The third-order valence-corrected chi connectivity index (χ3v) is 4.81. The van der Waals surface area contributed by atoms with Crippen LogP contribution in [0.4, 0.5) is 11.4 Å². The second-order valence-corrected chi connectivity index (χ2v) is 6.33. The number of hydrogen-bond acceptors (Lipinski definition) is 2. The summed E-state index contributed by atoms with van der Waals surface area (Å²) in [6, 6.07) is 20.0. The molecule has 1 aliphatic heterocycles. The van der Waals surface area contributed by atoms with Crippen LogP contribution in [0.2, 0.25) is 0 Å². The highest BCUT2D eigenvalue weighted by atomic mass is 16.2. The van der Waals surface area contributed by atoms with Crippen molar-refractivity contribution in [3.63, 3.8) is 0 Å². The Labute approximate surface area is 147 Å². The molecule has 2 aromatic carbocycles. The zero-order valence-corrected chi connectivity index (χ0v) is 14.4. The summed E-state index contributed by atoms with van der Waals surface area (Å²) >= 11 is 0. The molecule has 3 aromatic rings. The third kappa shape index (κ3) is 2.60. The van der Waals surface area contributed by atoms with Crippen LogP contribution in [0.25, 0.3) is 0 Å². The molecule has 1 amide bonds. The Balaban J connectivity index is 1.84. The van der Waals surface area contributed by atoms with Crippen LogP contribution < -0.4 is 10.2 Å². The molecule has 2 heterocycles. The van der Waals surface area contributed by atoms with Crippen molar-refractivity contribution in [2.75, 3.05) is 10.2 Å². The lowest BCUT2D eigenvalue weighted by atomic mass is 10.0. The second kappa shape index (κ2) is 6.13. The Hall–Kier alpha value is -3.01. The van der Waals surface area contributed by atoms with E-state index in [1.54, 1.807) is 0 Å². The number of nitrogens with zero attached hydrogens (tertiary/aromatic N) is 2. The fourth-order valence-electron chi connectivity index (χ4n) is 3.38. The summed E-state index contributed by atoms with van der Waals surface area (Å²) < 4.78 is 2.05. The maximum absolute atomic E-state index is 13.3. The first-order valence-corrected chi connectivity index (χ1v) is 8.58. The summed E-state index contributed by atoms with van der Waals surface area (Å²) in [7, 11) is 2.00. The number of carbonyl (C=O) groups is 1. The predicted octanol–water partition coefficient (Wildman–Crippen LogP) is 4.36. The minimum absolute atomic E-state index is 0.0183. The largest absolute Gasteiger partial charge is 0.359 e. The average Bonchev–Trinajstić information content (AvgIpc) is 3.08.